The Hall–Kier alpha value is -2.25. The van der Waals surface area contributed by atoms with E-state index in [-0.39, 0.29) is 5.91 Å². The minimum Gasteiger partial charge on any atom is -0.480 e. The summed E-state index contributed by atoms with van der Waals surface area (Å²) in [4.78, 5) is 12.3. The van der Waals surface area contributed by atoms with E-state index in [0.29, 0.717) is 11.6 Å². The number of hydrogen-bond donors (Lipinski definition) is 1. The van der Waals surface area contributed by atoms with Gasteiger partial charge in [0.2, 0.25) is 5.13 Å². The van der Waals surface area contributed by atoms with E-state index in [1.807, 2.05) is 41.1 Å². The van der Waals surface area contributed by atoms with Crippen LogP contribution in [0.25, 0.3) is 10.6 Å². The summed E-state index contributed by atoms with van der Waals surface area (Å²) >= 11 is 2.96. The maximum absolute atomic E-state index is 12.3. The monoisotopic (exact) mass is 329 g/mol. The summed E-state index contributed by atoms with van der Waals surface area (Å²) in [5.41, 5.74) is 2.08. The topological polar surface area (TPSA) is 64.1 Å². The van der Waals surface area contributed by atoms with Crippen LogP contribution >= 0.6 is 22.7 Å². The van der Waals surface area contributed by atoms with E-state index in [1.54, 1.807) is 11.3 Å². The van der Waals surface area contributed by atoms with E-state index in [9.17, 15) is 4.79 Å². The Kier molecular flexibility index (Phi) is 3.36. The Balaban J connectivity index is 1.45. The summed E-state index contributed by atoms with van der Waals surface area (Å²) in [6, 6.07) is 9.68. The maximum Gasteiger partial charge on any atom is 0.267 e. The molecule has 5 nitrogen and oxygen atoms in total. The number of benzene rings is 1. The first-order valence-electron chi connectivity index (χ1n) is 6.71. The highest BCUT2D eigenvalue weighted by Crippen LogP contribution is 2.30. The van der Waals surface area contributed by atoms with Gasteiger partial charge in [0.1, 0.15) is 10.8 Å². The first-order chi connectivity index (χ1) is 10.8. The summed E-state index contributed by atoms with van der Waals surface area (Å²) in [5.74, 6) is 0.586. The zero-order chi connectivity index (χ0) is 14.9. The number of rotatable bonds is 3. The van der Waals surface area contributed by atoms with Crippen molar-refractivity contribution in [1.82, 2.24) is 10.2 Å². The molecule has 110 valence electrons. The predicted molar refractivity (Wildman–Crippen MR) is 86.4 cm³/mol. The van der Waals surface area contributed by atoms with Crippen molar-refractivity contribution in [1.29, 1.82) is 0 Å². The van der Waals surface area contributed by atoms with E-state index >= 15 is 0 Å². The summed E-state index contributed by atoms with van der Waals surface area (Å²) in [7, 11) is 0. The Bertz CT molecular complexity index is 789. The Morgan fingerprint density at radius 2 is 2.18 bits per heavy atom. The van der Waals surface area contributed by atoms with Crippen molar-refractivity contribution in [3.05, 3.63) is 46.7 Å². The molecule has 0 aliphatic carbocycles. The van der Waals surface area contributed by atoms with Crippen LogP contribution in [0, 0.1) is 0 Å². The number of nitrogens with zero attached hydrogens (tertiary/aromatic N) is 2. The number of hydrogen-bond acceptors (Lipinski definition) is 6. The number of amides is 1. The first kappa shape index (κ1) is 13.4. The van der Waals surface area contributed by atoms with E-state index < -0.39 is 6.10 Å². The van der Waals surface area contributed by atoms with Gasteiger partial charge in [-0.1, -0.05) is 29.5 Å². The third-order valence-electron chi connectivity index (χ3n) is 3.36. The van der Waals surface area contributed by atoms with Crippen molar-refractivity contribution < 1.29 is 9.53 Å². The molecular formula is C15H11N3O2S2. The molecule has 0 bridgehead atoms. The molecule has 0 saturated carbocycles. The van der Waals surface area contributed by atoms with E-state index in [0.717, 1.165) is 21.9 Å². The molecule has 1 amide bonds. The Morgan fingerprint density at radius 1 is 1.27 bits per heavy atom. The van der Waals surface area contributed by atoms with Crippen molar-refractivity contribution in [2.45, 2.75) is 12.5 Å². The first-order valence-corrected chi connectivity index (χ1v) is 8.47. The minimum absolute atomic E-state index is 0.191. The number of fused-ring (bicyclic) bond motifs is 1. The lowest BCUT2D eigenvalue weighted by Crippen LogP contribution is -2.31. The van der Waals surface area contributed by atoms with Crippen molar-refractivity contribution in [3.63, 3.8) is 0 Å². The standard InChI is InChI=1S/C15H11N3O2S2/c19-13(12-7-9-3-1-2-4-11(9)20-12)16-15-18-17-14(22-15)10-5-6-21-8-10/h1-6,8,12H,7H2,(H,16,18,19)/t12-/m1/s1. The molecular weight excluding hydrogens is 318 g/mol. The van der Waals surface area contributed by atoms with Gasteiger partial charge < -0.3 is 4.74 Å². The fourth-order valence-electron chi connectivity index (χ4n) is 2.29. The average Bonchev–Trinajstić information content (AvgIpc) is 3.26. The zero-order valence-corrected chi connectivity index (χ0v) is 13.0. The Morgan fingerprint density at radius 3 is 3.00 bits per heavy atom. The molecule has 1 atom stereocenters. The molecule has 0 fully saturated rings. The highest BCUT2D eigenvalue weighted by molar-refractivity contribution is 7.19. The number of aromatic nitrogens is 2. The van der Waals surface area contributed by atoms with E-state index in [4.69, 9.17) is 4.74 Å². The SMILES string of the molecule is O=C(Nc1nnc(-c2ccsc2)s1)[C@H]1Cc2ccccc2O1. The van der Waals surface area contributed by atoms with Crippen LogP contribution in [0.2, 0.25) is 0 Å². The normalized spacial score (nSPS) is 16.1. The lowest BCUT2D eigenvalue weighted by atomic mass is 10.1. The quantitative estimate of drug-likeness (QED) is 0.801. The van der Waals surface area contributed by atoms with Gasteiger partial charge in [-0.2, -0.15) is 11.3 Å². The van der Waals surface area contributed by atoms with Crippen molar-refractivity contribution >= 4 is 33.7 Å². The summed E-state index contributed by atoms with van der Waals surface area (Å²) in [6.45, 7) is 0. The van der Waals surface area contributed by atoms with Gasteiger partial charge in [0.25, 0.3) is 5.91 Å². The maximum atomic E-state index is 12.3. The van der Waals surface area contributed by atoms with Crippen LogP contribution in [0.1, 0.15) is 5.56 Å². The summed E-state index contributed by atoms with van der Waals surface area (Å²) < 4.78 is 5.67. The predicted octanol–water partition coefficient (Wildman–Crippen LogP) is 3.21. The molecule has 22 heavy (non-hydrogen) atoms. The fraction of sp³-hybridized carbons (Fsp3) is 0.133. The van der Waals surface area contributed by atoms with Gasteiger partial charge in [0, 0.05) is 17.4 Å². The second-order valence-electron chi connectivity index (χ2n) is 4.83. The van der Waals surface area contributed by atoms with Gasteiger partial charge in [-0.15, -0.1) is 10.2 Å². The second kappa shape index (κ2) is 5.51. The molecule has 1 aliphatic rings. The Labute approximate surface area is 134 Å². The number of para-hydroxylation sites is 1. The highest BCUT2D eigenvalue weighted by atomic mass is 32.1. The molecule has 0 radical (unpaired) electrons. The van der Waals surface area contributed by atoms with Crippen molar-refractivity contribution in [2.24, 2.45) is 0 Å². The smallest absolute Gasteiger partial charge is 0.267 e. The molecule has 0 unspecified atom stereocenters. The third kappa shape index (κ3) is 2.49. The molecule has 0 saturated heterocycles. The summed E-state index contributed by atoms with van der Waals surface area (Å²) in [6.07, 6.45) is 0.0731. The van der Waals surface area contributed by atoms with E-state index in [1.165, 1.54) is 11.3 Å². The molecule has 1 N–H and O–H groups in total. The van der Waals surface area contributed by atoms with Crippen LogP contribution in [0.15, 0.2) is 41.1 Å². The molecule has 3 heterocycles. The number of thiophene rings is 1. The molecule has 2 aromatic heterocycles. The number of nitrogens with one attached hydrogen (secondary N) is 1. The number of carbonyl (C=O) groups excluding carboxylic acids is 1. The van der Waals surface area contributed by atoms with Crippen LogP contribution in [0.3, 0.4) is 0 Å². The van der Waals surface area contributed by atoms with Gasteiger partial charge in [-0.05, 0) is 23.1 Å². The minimum atomic E-state index is -0.508. The molecule has 1 aliphatic heterocycles. The lowest BCUT2D eigenvalue weighted by Gasteiger charge is -2.08. The van der Waals surface area contributed by atoms with Crippen LogP contribution in [0.5, 0.6) is 5.75 Å². The van der Waals surface area contributed by atoms with Crippen LogP contribution in [0.4, 0.5) is 5.13 Å². The number of ether oxygens (including phenoxy) is 1. The average molecular weight is 329 g/mol. The molecule has 0 spiro atoms. The van der Waals surface area contributed by atoms with E-state index in [2.05, 4.69) is 15.5 Å². The summed E-state index contributed by atoms with van der Waals surface area (Å²) in [5, 5.41) is 16.2. The fourth-order valence-corrected chi connectivity index (χ4v) is 3.75. The lowest BCUT2D eigenvalue weighted by molar-refractivity contribution is -0.122. The van der Waals surface area contributed by atoms with Crippen LogP contribution in [-0.4, -0.2) is 22.2 Å². The van der Waals surface area contributed by atoms with Gasteiger partial charge in [-0.3, -0.25) is 10.1 Å². The van der Waals surface area contributed by atoms with Crippen molar-refractivity contribution in [3.8, 4) is 16.3 Å². The third-order valence-corrected chi connectivity index (χ3v) is 4.93. The second-order valence-corrected chi connectivity index (χ2v) is 6.59. The van der Waals surface area contributed by atoms with Gasteiger partial charge in [0.15, 0.2) is 6.10 Å². The molecule has 7 heteroatoms. The van der Waals surface area contributed by atoms with Gasteiger partial charge in [0.05, 0.1) is 0 Å². The largest absolute Gasteiger partial charge is 0.480 e. The van der Waals surface area contributed by atoms with Crippen LogP contribution < -0.4 is 10.1 Å². The zero-order valence-electron chi connectivity index (χ0n) is 11.4. The number of anilines is 1. The highest BCUT2D eigenvalue weighted by Gasteiger charge is 2.29. The molecule has 3 aromatic rings. The van der Waals surface area contributed by atoms with Gasteiger partial charge >= 0.3 is 0 Å². The molecule has 4 rings (SSSR count). The van der Waals surface area contributed by atoms with Crippen LogP contribution in [-0.2, 0) is 11.2 Å². The van der Waals surface area contributed by atoms with Gasteiger partial charge in [-0.25, -0.2) is 0 Å². The number of carbonyl (C=O) groups is 1. The molecule has 1 aromatic carbocycles. The van der Waals surface area contributed by atoms with Crippen molar-refractivity contribution in [2.75, 3.05) is 5.32 Å².